The van der Waals surface area contributed by atoms with Crippen LogP contribution in [0.5, 0.6) is 0 Å². The molecule has 1 aromatic carbocycles. The van der Waals surface area contributed by atoms with Gasteiger partial charge < -0.3 is 5.32 Å². The smallest absolute Gasteiger partial charge is 0.276 e. The molecule has 5 nitrogen and oxygen atoms in total. The van der Waals surface area contributed by atoms with Crippen LogP contribution in [-0.2, 0) is 5.41 Å². The molecular formula is C16H16FN3O2. The van der Waals surface area contributed by atoms with E-state index >= 15 is 0 Å². The van der Waals surface area contributed by atoms with Gasteiger partial charge in [0.1, 0.15) is 0 Å². The summed E-state index contributed by atoms with van der Waals surface area (Å²) in [5, 5.41) is 11.5. The highest BCUT2D eigenvalue weighted by atomic mass is 19.1. The molecular weight excluding hydrogens is 285 g/mol. The van der Waals surface area contributed by atoms with Crippen LogP contribution in [0.2, 0.25) is 0 Å². The molecule has 1 aliphatic rings. The standard InChI is InChI=1S/C16H16FN3O2/c17-13-8-11(15(21)20-22)9-18-14(13)19-10-16(6-7-16)12-4-2-1-3-5-12/h1-5,8-9,22H,6-7,10H2,(H,18,19)(H,20,21). The first-order valence-electron chi connectivity index (χ1n) is 7.04. The van der Waals surface area contributed by atoms with Gasteiger partial charge >= 0.3 is 0 Å². The quantitative estimate of drug-likeness (QED) is 0.586. The van der Waals surface area contributed by atoms with E-state index in [1.807, 2.05) is 18.2 Å². The Hall–Kier alpha value is -2.47. The number of carbonyl (C=O) groups excluding carboxylic acids is 1. The average molecular weight is 301 g/mol. The first-order chi connectivity index (χ1) is 10.6. The van der Waals surface area contributed by atoms with E-state index in [2.05, 4.69) is 22.4 Å². The summed E-state index contributed by atoms with van der Waals surface area (Å²) in [7, 11) is 0. The summed E-state index contributed by atoms with van der Waals surface area (Å²) in [5.41, 5.74) is 2.69. The van der Waals surface area contributed by atoms with Crippen molar-refractivity contribution in [3.63, 3.8) is 0 Å². The second-order valence-corrected chi connectivity index (χ2v) is 5.50. The Morgan fingerprint density at radius 3 is 2.64 bits per heavy atom. The van der Waals surface area contributed by atoms with Crippen LogP contribution >= 0.6 is 0 Å². The van der Waals surface area contributed by atoms with Crippen molar-refractivity contribution in [1.82, 2.24) is 10.5 Å². The summed E-state index contributed by atoms with van der Waals surface area (Å²) in [6.07, 6.45) is 3.33. The Kier molecular flexibility index (Phi) is 3.77. The number of hydrogen-bond acceptors (Lipinski definition) is 4. The number of halogens is 1. The lowest BCUT2D eigenvalue weighted by Crippen LogP contribution is -2.22. The fourth-order valence-corrected chi connectivity index (χ4v) is 2.52. The lowest BCUT2D eigenvalue weighted by atomic mass is 9.96. The summed E-state index contributed by atoms with van der Waals surface area (Å²) < 4.78 is 14.0. The molecule has 0 radical (unpaired) electrons. The van der Waals surface area contributed by atoms with Crippen LogP contribution < -0.4 is 10.8 Å². The molecule has 0 atom stereocenters. The highest BCUT2D eigenvalue weighted by Crippen LogP contribution is 2.48. The fourth-order valence-electron chi connectivity index (χ4n) is 2.52. The van der Waals surface area contributed by atoms with Crippen molar-refractivity contribution in [2.24, 2.45) is 0 Å². The maximum absolute atomic E-state index is 14.0. The van der Waals surface area contributed by atoms with Crippen molar-refractivity contribution in [2.75, 3.05) is 11.9 Å². The normalized spacial score (nSPS) is 15.2. The van der Waals surface area contributed by atoms with Gasteiger partial charge in [-0.1, -0.05) is 30.3 Å². The maximum atomic E-state index is 14.0. The number of nitrogens with zero attached hydrogens (tertiary/aromatic N) is 1. The molecule has 1 amide bonds. The lowest BCUT2D eigenvalue weighted by molar-refractivity contribution is 0.0705. The average Bonchev–Trinajstić information content (AvgIpc) is 3.35. The summed E-state index contributed by atoms with van der Waals surface area (Å²) in [4.78, 5) is 15.1. The minimum atomic E-state index is -0.791. The molecule has 1 aromatic heterocycles. The van der Waals surface area contributed by atoms with Gasteiger partial charge in [0.25, 0.3) is 5.91 Å². The highest BCUT2D eigenvalue weighted by molar-refractivity contribution is 5.93. The molecule has 2 aromatic rings. The van der Waals surface area contributed by atoms with E-state index in [9.17, 15) is 9.18 Å². The summed E-state index contributed by atoms with van der Waals surface area (Å²) in [5.74, 6) is -1.30. The topological polar surface area (TPSA) is 74.2 Å². The van der Waals surface area contributed by atoms with E-state index in [1.54, 1.807) is 0 Å². The molecule has 114 valence electrons. The number of hydroxylamine groups is 1. The van der Waals surface area contributed by atoms with Crippen molar-refractivity contribution in [2.45, 2.75) is 18.3 Å². The molecule has 0 aliphatic heterocycles. The van der Waals surface area contributed by atoms with Gasteiger partial charge in [0, 0.05) is 18.2 Å². The third-order valence-electron chi connectivity index (χ3n) is 4.04. The second-order valence-electron chi connectivity index (χ2n) is 5.50. The summed E-state index contributed by atoms with van der Waals surface area (Å²) in [6.45, 7) is 0.590. The van der Waals surface area contributed by atoms with Crippen molar-refractivity contribution < 1.29 is 14.4 Å². The van der Waals surface area contributed by atoms with E-state index in [-0.39, 0.29) is 16.8 Å². The Balaban J connectivity index is 1.71. The van der Waals surface area contributed by atoms with Gasteiger partial charge in [-0.25, -0.2) is 14.9 Å². The molecule has 1 aliphatic carbocycles. The number of aromatic nitrogens is 1. The van der Waals surface area contributed by atoms with Crippen LogP contribution in [0, 0.1) is 5.82 Å². The number of hydrogen-bond donors (Lipinski definition) is 3. The van der Waals surface area contributed by atoms with Crippen molar-refractivity contribution in [1.29, 1.82) is 0 Å². The monoisotopic (exact) mass is 301 g/mol. The van der Waals surface area contributed by atoms with Gasteiger partial charge in [-0.3, -0.25) is 10.0 Å². The molecule has 1 fully saturated rings. The highest BCUT2D eigenvalue weighted by Gasteiger charge is 2.44. The number of pyridine rings is 1. The third-order valence-corrected chi connectivity index (χ3v) is 4.04. The number of anilines is 1. The van der Waals surface area contributed by atoms with Crippen LogP contribution in [0.4, 0.5) is 10.2 Å². The second kappa shape index (κ2) is 5.73. The molecule has 1 heterocycles. The zero-order chi connectivity index (χ0) is 15.6. The predicted molar refractivity (Wildman–Crippen MR) is 79.3 cm³/mol. The Bertz CT molecular complexity index is 687. The fraction of sp³-hybridized carbons (Fsp3) is 0.250. The van der Waals surface area contributed by atoms with Gasteiger partial charge in [0.15, 0.2) is 11.6 Å². The molecule has 3 rings (SSSR count). The molecule has 22 heavy (non-hydrogen) atoms. The minimum Gasteiger partial charge on any atom is -0.367 e. The third kappa shape index (κ3) is 2.78. The van der Waals surface area contributed by atoms with E-state index in [0.717, 1.165) is 18.9 Å². The van der Waals surface area contributed by atoms with Gasteiger partial charge in [0.05, 0.1) is 5.56 Å². The minimum absolute atomic E-state index is 0.0326. The number of rotatable bonds is 5. The largest absolute Gasteiger partial charge is 0.367 e. The van der Waals surface area contributed by atoms with E-state index in [0.29, 0.717) is 6.54 Å². The van der Waals surface area contributed by atoms with Gasteiger partial charge in [-0.05, 0) is 24.5 Å². The first-order valence-corrected chi connectivity index (χ1v) is 7.04. The van der Waals surface area contributed by atoms with Crippen molar-refractivity contribution >= 4 is 11.7 Å². The predicted octanol–water partition coefficient (Wildman–Crippen LogP) is 2.48. The molecule has 1 saturated carbocycles. The Morgan fingerprint density at radius 1 is 1.32 bits per heavy atom. The lowest BCUT2D eigenvalue weighted by Gasteiger charge is -2.17. The zero-order valence-corrected chi connectivity index (χ0v) is 11.8. The van der Waals surface area contributed by atoms with Crippen molar-refractivity contribution in [3.8, 4) is 0 Å². The Labute approximate surface area is 127 Å². The summed E-state index contributed by atoms with van der Waals surface area (Å²) in [6, 6.07) is 11.2. The summed E-state index contributed by atoms with van der Waals surface area (Å²) >= 11 is 0. The number of carbonyl (C=O) groups is 1. The van der Waals surface area contributed by atoms with E-state index in [4.69, 9.17) is 5.21 Å². The van der Waals surface area contributed by atoms with Crippen LogP contribution in [-0.4, -0.2) is 22.6 Å². The molecule has 0 bridgehead atoms. The first kappa shape index (κ1) is 14.5. The molecule has 0 unspecified atom stereocenters. The number of amides is 1. The Morgan fingerprint density at radius 2 is 2.05 bits per heavy atom. The molecule has 6 heteroatoms. The van der Waals surface area contributed by atoms with Crippen LogP contribution in [0.1, 0.15) is 28.8 Å². The van der Waals surface area contributed by atoms with Crippen LogP contribution in [0.25, 0.3) is 0 Å². The van der Waals surface area contributed by atoms with Crippen LogP contribution in [0.3, 0.4) is 0 Å². The van der Waals surface area contributed by atoms with Crippen molar-refractivity contribution in [3.05, 3.63) is 59.5 Å². The molecule has 0 saturated heterocycles. The SMILES string of the molecule is O=C(NO)c1cnc(NCC2(c3ccccc3)CC2)c(F)c1. The van der Waals surface area contributed by atoms with E-state index in [1.165, 1.54) is 17.2 Å². The van der Waals surface area contributed by atoms with Gasteiger partial charge in [0.2, 0.25) is 0 Å². The number of nitrogens with one attached hydrogen (secondary N) is 2. The number of benzene rings is 1. The van der Waals surface area contributed by atoms with Gasteiger partial charge in [-0.2, -0.15) is 0 Å². The van der Waals surface area contributed by atoms with Crippen LogP contribution in [0.15, 0.2) is 42.6 Å². The molecule has 3 N–H and O–H groups in total. The van der Waals surface area contributed by atoms with E-state index < -0.39 is 11.7 Å². The molecule has 0 spiro atoms. The van der Waals surface area contributed by atoms with Gasteiger partial charge in [-0.15, -0.1) is 0 Å². The maximum Gasteiger partial charge on any atom is 0.276 e. The zero-order valence-electron chi connectivity index (χ0n) is 11.8.